The lowest BCUT2D eigenvalue weighted by molar-refractivity contribution is 0.0520. The van der Waals surface area contributed by atoms with Crippen molar-refractivity contribution in [2.45, 2.75) is 50.7 Å². The highest BCUT2D eigenvalue weighted by Crippen LogP contribution is 2.30. The normalized spacial score (nSPS) is 28.4. The van der Waals surface area contributed by atoms with Gasteiger partial charge in [-0.25, -0.2) is 0 Å². The summed E-state index contributed by atoms with van der Waals surface area (Å²) in [5.41, 5.74) is 2.82. The predicted octanol–water partition coefficient (Wildman–Crippen LogP) is 2.60. The van der Waals surface area contributed by atoms with Crippen molar-refractivity contribution in [3.63, 3.8) is 0 Å². The van der Waals surface area contributed by atoms with E-state index in [1.807, 2.05) is 0 Å². The van der Waals surface area contributed by atoms with Gasteiger partial charge in [-0.15, -0.1) is 0 Å². The average Bonchev–Trinajstić information content (AvgIpc) is 3.11. The van der Waals surface area contributed by atoms with E-state index in [2.05, 4.69) is 60.8 Å². The number of likely N-dealkylation sites (N-methyl/N-ethyl adjacent to an activating group) is 1. The smallest absolute Gasteiger partial charge is 0.0623 e. The van der Waals surface area contributed by atoms with Crippen LogP contribution in [0.1, 0.15) is 43.4 Å². The third kappa shape index (κ3) is 4.82. The Morgan fingerprint density at radius 3 is 2.68 bits per heavy atom. The minimum absolute atomic E-state index is 0.419. The number of benzene rings is 1. The van der Waals surface area contributed by atoms with Crippen molar-refractivity contribution in [1.82, 2.24) is 15.5 Å². The maximum atomic E-state index is 5.70. The molecule has 4 nitrogen and oxygen atoms in total. The number of rotatable bonds is 7. The highest BCUT2D eigenvalue weighted by atomic mass is 16.5. The van der Waals surface area contributed by atoms with Gasteiger partial charge in [0.25, 0.3) is 0 Å². The van der Waals surface area contributed by atoms with Crippen LogP contribution < -0.4 is 10.6 Å². The molecule has 140 valence electrons. The second-order valence-corrected chi connectivity index (χ2v) is 7.82. The van der Waals surface area contributed by atoms with Crippen LogP contribution in [0.25, 0.3) is 0 Å². The Balaban J connectivity index is 1.60. The van der Waals surface area contributed by atoms with Gasteiger partial charge < -0.3 is 20.3 Å². The van der Waals surface area contributed by atoms with Crippen LogP contribution in [0.3, 0.4) is 0 Å². The number of nitrogens with one attached hydrogen (secondary N) is 2. The molecule has 1 saturated carbocycles. The quantitative estimate of drug-likeness (QED) is 0.796. The van der Waals surface area contributed by atoms with Crippen LogP contribution in [-0.4, -0.2) is 57.4 Å². The van der Waals surface area contributed by atoms with Gasteiger partial charge >= 0.3 is 0 Å². The number of ether oxygens (including phenoxy) is 1. The molecule has 4 unspecified atom stereocenters. The van der Waals surface area contributed by atoms with Crippen molar-refractivity contribution >= 4 is 0 Å². The minimum Gasteiger partial charge on any atom is -0.379 e. The molecule has 2 fully saturated rings. The lowest BCUT2D eigenvalue weighted by atomic mass is 9.93. The molecule has 4 atom stereocenters. The van der Waals surface area contributed by atoms with Crippen LogP contribution in [0.4, 0.5) is 0 Å². The molecular formula is C21H35N3O. The van der Waals surface area contributed by atoms with Crippen molar-refractivity contribution in [3.8, 4) is 0 Å². The second-order valence-electron chi connectivity index (χ2n) is 7.82. The monoisotopic (exact) mass is 345 g/mol. The second kappa shape index (κ2) is 9.13. The molecule has 1 aliphatic heterocycles. The van der Waals surface area contributed by atoms with E-state index >= 15 is 0 Å². The van der Waals surface area contributed by atoms with Crippen LogP contribution >= 0.6 is 0 Å². The van der Waals surface area contributed by atoms with Gasteiger partial charge in [-0.3, -0.25) is 0 Å². The topological polar surface area (TPSA) is 36.5 Å². The zero-order chi connectivity index (χ0) is 17.6. The molecule has 0 spiro atoms. The molecule has 1 aromatic rings. The average molecular weight is 346 g/mol. The van der Waals surface area contributed by atoms with Crippen molar-refractivity contribution < 1.29 is 4.74 Å². The van der Waals surface area contributed by atoms with Gasteiger partial charge in [0.15, 0.2) is 0 Å². The summed E-state index contributed by atoms with van der Waals surface area (Å²) in [6, 6.07) is 10.7. The lowest BCUT2D eigenvalue weighted by Gasteiger charge is -2.34. The summed E-state index contributed by atoms with van der Waals surface area (Å²) < 4.78 is 5.70. The molecule has 1 saturated heterocycles. The SMILES string of the molecule is CCc1ccc(C(CNC2CCCC2C2COCCN2)N(C)C)cc1. The standard InChI is InChI=1S/C21H35N3O/c1-4-16-8-10-17(11-9-16)21(24(2)3)14-23-19-7-5-6-18(19)20-15-25-13-12-22-20/h8-11,18-23H,4-7,12-15H2,1-3H3. The number of hydrogen-bond donors (Lipinski definition) is 2. The summed E-state index contributed by atoms with van der Waals surface area (Å²) >= 11 is 0. The molecule has 0 radical (unpaired) electrons. The summed E-state index contributed by atoms with van der Waals surface area (Å²) in [5, 5.41) is 7.57. The first-order valence-electron chi connectivity index (χ1n) is 9.98. The Morgan fingerprint density at radius 2 is 2.04 bits per heavy atom. The van der Waals surface area contributed by atoms with E-state index in [9.17, 15) is 0 Å². The van der Waals surface area contributed by atoms with E-state index in [0.29, 0.717) is 24.0 Å². The molecule has 1 aromatic carbocycles. The first-order valence-corrected chi connectivity index (χ1v) is 9.98. The van der Waals surface area contributed by atoms with Crippen LogP contribution in [0.15, 0.2) is 24.3 Å². The van der Waals surface area contributed by atoms with E-state index in [0.717, 1.165) is 32.7 Å². The summed E-state index contributed by atoms with van der Waals surface area (Å²) in [6.45, 7) is 5.95. The van der Waals surface area contributed by atoms with Crippen LogP contribution in [-0.2, 0) is 11.2 Å². The fraction of sp³-hybridized carbons (Fsp3) is 0.714. The number of nitrogens with zero attached hydrogens (tertiary/aromatic N) is 1. The first kappa shape index (κ1) is 18.8. The zero-order valence-corrected chi connectivity index (χ0v) is 16.1. The molecule has 0 bridgehead atoms. The van der Waals surface area contributed by atoms with E-state index in [1.54, 1.807) is 0 Å². The van der Waals surface area contributed by atoms with E-state index < -0.39 is 0 Å². The minimum atomic E-state index is 0.419. The van der Waals surface area contributed by atoms with Crippen LogP contribution in [0.2, 0.25) is 0 Å². The summed E-state index contributed by atoms with van der Waals surface area (Å²) in [4.78, 5) is 2.33. The predicted molar refractivity (Wildman–Crippen MR) is 104 cm³/mol. The van der Waals surface area contributed by atoms with Crippen molar-refractivity contribution in [1.29, 1.82) is 0 Å². The first-order chi connectivity index (χ1) is 12.2. The molecule has 1 aliphatic carbocycles. The largest absolute Gasteiger partial charge is 0.379 e. The van der Waals surface area contributed by atoms with Gasteiger partial charge in [0.2, 0.25) is 0 Å². The maximum absolute atomic E-state index is 5.70. The van der Waals surface area contributed by atoms with Gasteiger partial charge in [0.1, 0.15) is 0 Å². The van der Waals surface area contributed by atoms with Gasteiger partial charge in [0, 0.05) is 31.2 Å². The molecule has 0 amide bonds. The fourth-order valence-electron chi connectivity index (χ4n) is 4.42. The third-order valence-electron chi connectivity index (χ3n) is 6.01. The lowest BCUT2D eigenvalue weighted by Crippen LogP contribution is -2.51. The van der Waals surface area contributed by atoms with Gasteiger partial charge in [-0.2, -0.15) is 0 Å². The maximum Gasteiger partial charge on any atom is 0.0623 e. The van der Waals surface area contributed by atoms with Crippen LogP contribution in [0.5, 0.6) is 0 Å². The Labute approximate surface area is 153 Å². The molecule has 25 heavy (non-hydrogen) atoms. The highest BCUT2D eigenvalue weighted by Gasteiger charge is 2.34. The molecule has 2 aliphatic rings. The van der Waals surface area contributed by atoms with E-state index in [4.69, 9.17) is 4.74 Å². The van der Waals surface area contributed by atoms with Gasteiger partial charge in [-0.05, 0) is 50.4 Å². The van der Waals surface area contributed by atoms with E-state index in [-0.39, 0.29) is 0 Å². The highest BCUT2D eigenvalue weighted by molar-refractivity contribution is 5.25. The summed E-state index contributed by atoms with van der Waals surface area (Å²) in [6.07, 6.45) is 5.04. The van der Waals surface area contributed by atoms with E-state index in [1.165, 1.54) is 30.4 Å². The zero-order valence-electron chi connectivity index (χ0n) is 16.1. The molecule has 0 aromatic heterocycles. The van der Waals surface area contributed by atoms with Crippen molar-refractivity contribution in [2.75, 3.05) is 40.4 Å². The Bertz CT molecular complexity index is 510. The third-order valence-corrected chi connectivity index (χ3v) is 6.01. The Morgan fingerprint density at radius 1 is 1.24 bits per heavy atom. The van der Waals surface area contributed by atoms with Crippen molar-refractivity contribution in [2.24, 2.45) is 5.92 Å². The molecule has 4 heteroatoms. The van der Waals surface area contributed by atoms with Gasteiger partial charge in [-0.1, -0.05) is 37.6 Å². The molecule has 1 heterocycles. The summed E-state index contributed by atoms with van der Waals surface area (Å²) in [7, 11) is 4.37. The molecular weight excluding hydrogens is 310 g/mol. The Kier molecular flexibility index (Phi) is 6.88. The van der Waals surface area contributed by atoms with Gasteiger partial charge in [0.05, 0.1) is 13.2 Å². The fourth-order valence-corrected chi connectivity index (χ4v) is 4.42. The number of aryl methyl sites for hydroxylation is 1. The number of hydrogen-bond acceptors (Lipinski definition) is 4. The number of morpholine rings is 1. The van der Waals surface area contributed by atoms with Crippen LogP contribution in [0, 0.1) is 5.92 Å². The molecule has 2 N–H and O–H groups in total. The Hall–Kier alpha value is -0.940. The molecule has 3 rings (SSSR count). The summed E-state index contributed by atoms with van der Waals surface area (Å²) in [5.74, 6) is 0.700. The van der Waals surface area contributed by atoms with Crippen molar-refractivity contribution in [3.05, 3.63) is 35.4 Å².